The molecule has 1 fully saturated rings. The molecular formula is C20H15ClF2N6O2S. The maximum Gasteiger partial charge on any atom is 0.259 e. The first-order valence-corrected chi connectivity index (χ1v) is 10.7. The number of hydrogen-bond acceptors (Lipinski definition) is 7. The summed E-state index contributed by atoms with van der Waals surface area (Å²) in [4.78, 5) is 26.0. The van der Waals surface area contributed by atoms with Crippen LogP contribution in [0.4, 0.5) is 13.9 Å². The van der Waals surface area contributed by atoms with Gasteiger partial charge in [-0.1, -0.05) is 22.9 Å². The van der Waals surface area contributed by atoms with Crippen LogP contribution in [0.25, 0.3) is 16.1 Å². The Balaban J connectivity index is 1.45. The number of fused-ring (bicyclic) bond motifs is 1. The average Bonchev–Trinajstić information content (AvgIpc) is 3.04. The number of carbonyl (C=O) groups is 1. The third-order valence-electron chi connectivity index (χ3n) is 5.09. The summed E-state index contributed by atoms with van der Waals surface area (Å²) in [5.41, 5.74) is 2.44. The lowest BCUT2D eigenvalue weighted by molar-refractivity contribution is 0.102. The Bertz CT molecular complexity index is 1340. The maximum absolute atomic E-state index is 13.3. The molecule has 0 saturated heterocycles. The van der Waals surface area contributed by atoms with Gasteiger partial charge < -0.3 is 4.74 Å². The molecule has 1 N–H and O–H groups in total. The minimum absolute atomic E-state index is 0.201. The van der Waals surface area contributed by atoms with Gasteiger partial charge in [0.1, 0.15) is 10.9 Å². The SMILES string of the molecule is COc1cnc(Cl)cc1-c1cc(C)ncc1C(=O)Nc1nn2cc([C@H]3CC3(F)F)nc2s1. The van der Waals surface area contributed by atoms with Crippen LogP contribution < -0.4 is 10.1 Å². The Morgan fingerprint density at radius 3 is 2.78 bits per heavy atom. The number of amides is 1. The normalized spacial score (nSPS) is 16.8. The predicted molar refractivity (Wildman–Crippen MR) is 115 cm³/mol. The van der Waals surface area contributed by atoms with E-state index >= 15 is 0 Å². The molecule has 8 nitrogen and oxygen atoms in total. The molecule has 1 aliphatic carbocycles. The van der Waals surface area contributed by atoms with Crippen LogP contribution >= 0.6 is 22.9 Å². The molecule has 0 aromatic carbocycles. The van der Waals surface area contributed by atoms with E-state index in [1.807, 2.05) is 0 Å². The van der Waals surface area contributed by atoms with E-state index in [0.717, 1.165) is 11.3 Å². The molecule has 5 rings (SSSR count). The van der Waals surface area contributed by atoms with Gasteiger partial charge in [-0.3, -0.25) is 15.1 Å². The van der Waals surface area contributed by atoms with Crippen molar-refractivity contribution in [2.24, 2.45) is 0 Å². The fourth-order valence-corrected chi connectivity index (χ4v) is 4.33. The van der Waals surface area contributed by atoms with Gasteiger partial charge in [0.25, 0.3) is 11.8 Å². The van der Waals surface area contributed by atoms with Gasteiger partial charge in [0.15, 0.2) is 0 Å². The minimum Gasteiger partial charge on any atom is -0.494 e. The number of alkyl halides is 2. The van der Waals surface area contributed by atoms with Gasteiger partial charge in [-0.2, -0.15) is 0 Å². The van der Waals surface area contributed by atoms with Crippen molar-refractivity contribution in [1.82, 2.24) is 24.6 Å². The summed E-state index contributed by atoms with van der Waals surface area (Å²) in [6.45, 7) is 1.80. The Kier molecular flexibility index (Phi) is 4.82. The number of ether oxygens (including phenoxy) is 1. The van der Waals surface area contributed by atoms with Crippen molar-refractivity contribution in [3.63, 3.8) is 0 Å². The van der Waals surface area contributed by atoms with E-state index < -0.39 is 17.7 Å². The monoisotopic (exact) mass is 476 g/mol. The number of hydrogen-bond donors (Lipinski definition) is 1. The summed E-state index contributed by atoms with van der Waals surface area (Å²) in [7, 11) is 1.50. The first-order valence-electron chi connectivity index (χ1n) is 9.47. The van der Waals surface area contributed by atoms with E-state index in [1.54, 1.807) is 19.1 Å². The fraction of sp³-hybridized carbons (Fsp3) is 0.250. The summed E-state index contributed by atoms with van der Waals surface area (Å²) in [6.07, 6.45) is 4.20. The molecule has 1 atom stereocenters. The molecule has 4 aromatic rings. The first-order chi connectivity index (χ1) is 15.2. The van der Waals surface area contributed by atoms with Crippen molar-refractivity contribution in [2.75, 3.05) is 12.4 Å². The number of rotatable bonds is 5. The Morgan fingerprint density at radius 2 is 2.09 bits per heavy atom. The maximum atomic E-state index is 13.3. The van der Waals surface area contributed by atoms with Crippen molar-refractivity contribution >= 4 is 38.9 Å². The van der Waals surface area contributed by atoms with E-state index in [1.165, 1.54) is 30.2 Å². The Morgan fingerprint density at radius 1 is 1.31 bits per heavy atom. The highest BCUT2D eigenvalue weighted by atomic mass is 35.5. The first kappa shape index (κ1) is 20.7. The van der Waals surface area contributed by atoms with Crippen LogP contribution in [0.2, 0.25) is 5.15 Å². The number of pyridine rings is 2. The molecule has 1 aliphatic rings. The summed E-state index contributed by atoms with van der Waals surface area (Å²) >= 11 is 7.16. The molecule has 0 aliphatic heterocycles. The van der Waals surface area contributed by atoms with Crippen LogP contribution in [0.1, 0.15) is 34.1 Å². The molecule has 4 heterocycles. The van der Waals surface area contributed by atoms with Gasteiger partial charge in [0, 0.05) is 29.4 Å². The molecule has 1 amide bonds. The van der Waals surface area contributed by atoms with E-state index in [-0.39, 0.29) is 22.3 Å². The van der Waals surface area contributed by atoms with Gasteiger partial charge in [-0.25, -0.2) is 23.3 Å². The average molecular weight is 477 g/mol. The van der Waals surface area contributed by atoms with Gasteiger partial charge in [0.05, 0.1) is 36.7 Å². The standard InChI is InChI=1S/C20H15ClF2N6O2S/c1-9-3-10(11-4-16(21)25-7-15(11)31-2)12(6-24-9)17(30)27-18-28-29-8-14(26-19(29)32-18)13-5-20(13,22)23/h3-4,6-8,13H,5H2,1-2H3,(H,27,28,30)/t13-/m1/s1. The predicted octanol–water partition coefficient (Wildman–Crippen LogP) is 4.59. The van der Waals surface area contributed by atoms with Crippen molar-refractivity contribution in [3.8, 4) is 16.9 Å². The summed E-state index contributed by atoms with van der Waals surface area (Å²) in [5.74, 6) is -3.57. The largest absolute Gasteiger partial charge is 0.494 e. The van der Waals surface area contributed by atoms with Crippen LogP contribution in [0.15, 0.2) is 30.7 Å². The van der Waals surface area contributed by atoms with E-state index in [2.05, 4.69) is 25.4 Å². The molecule has 0 bridgehead atoms. The Hall–Kier alpha value is -3.18. The number of aromatic nitrogens is 5. The lowest BCUT2D eigenvalue weighted by Crippen LogP contribution is -2.14. The highest BCUT2D eigenvalue weighted by Crippen LogP contribution is 2.55. The number of imidazole rings is 1. The van der Waals surface area contributed by atoms with E-state index in [0.29, 0.717) is 33.2 Å². The van der Waals surface area contributed by atoms with Gasteiger partial charge in [-0.15, -0.1) is 5.10 Å². The zero-order valence-electron chi connectivity index (χ0n) is 16.8. The summed E-state index contributed by atoms with van der Waals surface area (Å²) in [5, 5.41) is 7.50. The third-order valence-corrected chi connectivity index (χ3v) is 6.14. The number of nitrogens with zero attached hydrogens (tertiary/aromatic N) is 5. The van der Waals surface area contributed by atoms with Crippen LogP contribution in [-0.4, -0.2) is 43.5 Å². The number of nitrogens with one attached hydrogen (secondary N) is 1. The highest BCUT2D eigenvalue weighted by Gasteiger charge is 2.59. The van der Waals surface area contributed by atoms with Crippen molar-refractivity contribution in [3.05, 3.63) is 52.8 Å². The number of anilines is 1. The van der Waals surface area contributed by atoms with Crippen molar-refractivity contribution in [1.29, 1.82) is 0 Å². The summed E-state index contributed by atoms with van der Waals surface area (Å²) in [6, 6.07) is 3.36. The van der Waals surface area contributed by atoms with Crippen molar-refractivity contribution < 1.29 is 18.3 Å². The molecule has 164 valence electrons. The van der Waals surface area contributed by atoms with Crippen LogP contribution in [0.3, 0.4) is 0 Å². The molecule has 1 saturated carbocycles. The molecular weight excluding hydrogens is 462 g/mol. The zero-order chi connectivity index (χ0) is 22.6. The number of carbonyl (C=O) groups excluding carboxylic acids is 1. The topological polar surface area (TPSA) is 94.3 Å². The number of halogens is 3. The highest BCUT2D eigenvalue weighted by molar-refractivity contribution is 7.20. The third kappa shape index (κ3) is 3.67. The molecule has 32 heavy (non-hydrogen) atoms. The lowest BCUT2D eigenvalue weighted by atomic mass is 10.0. The van der Waals surface area contributed by atoms with Gasteiger partial charge in [-0.05, 0) is 19.1 Å². The van der Waals surface area contributed by atoms with Crippen molar-refractivity contribution in [2.45, 2.75) is 25.2 Å². The Labute approximate surface area is 189 Å². The van der Waals surface area contributed by atoms with Crippen LogP contribution in [0, 0.1) is 6.92 Å². The minimum atomic E-state index is -2.70. The zero-order valence-corrected chi connectivity index (χ0v) is 18.3. The quantitative estimate of drug-likeness (QED) is 0.423. The lowest BCUT2D eigenvalue weighted by Gasteiger charge is -2.13. The molecule has 0 spiro atoms. The molecule has 4 aromatic heterocycles. The second-order valence-electron chi connectivity index (χ2n) is 7.35. The van der Waals surface area contributed by atoms with E-state index in [9.17, 15) is 13.6 Å². The van der Waals surface area contributed by atoms with Crippen LogP contribution in [0.5, 0.6) is 5.75 Å². The molecule has 12 heteroatoms. The molecule has 0 radical (unpaired) electrons. The number of methoxy groups -OCH3 is 1. The molecule has 0 unspecified atom stereocenters. The van der Waals surface area contributed by atoms with E-state index in [4.69, 9.17) is 16.3 Å². The second-order valence-corrected chi connectivity index (χ2v) is 8.69. The van der Waals surface area contributed by atoms with Gasteiger partial charge >= 0.3 is 0 Å². The smallest absolute Gasteiger partial charge is 0.259 e. The van der Waals surface area contributed by atoms with Crippen LogP contribution in [-0.2, 0) is 0 Å². The summed E-state index contributed by atoms with van der Waals surface area (Å²) < 4.78 is 33.4. The number of aryl methyl sites for hydroxylation is 1. The van der Waals surface area contributed by atoms with Gasteiger partial charge in [0.2, 0.25) is 10.1 Å². The fourth-order valence-electron chi connectivity index (χ4n) is 3.39. The second kappa shape index (κ2) is 7.45.